The molecule has 2 atom stereocenters. The number of Topliss-reactive ketones (excluding diaryl/α,β-unsaturated/α-hetero) is 2. The number of rotatable bonds is 10. The Labute approximate surface area is 338 Å². The highest BCUT2D eigenvalue weighted by atomic mass is 32.1. The number of amides is 5. The second-order valence-corrected chi connectivity index (χ2v) is 17.2. The van der Waals surface area contributed by atoms with E-state index in [4.69, 9.17) is 16.2 Å². The molecule has 304 valence electrons. The van der Waals surface area contributed by atoms with Gasteiger partial charge in [-0.05, 0) is 119 Å². The number of halogens is 2. The van der Waals surface area contributed by atoms with Gasteiger partial charge in [0.1, 0.15) is 17.2 Å². The van der Waals surface area contributed by atoms with Crippen LogP contribution in [0.2, 0.25) is 0 Å². The number of nitrogens with one attached hydrogen (secondary N) is 3. The molecule has 2 fully saturated rings. The maximum atomic E-state index is 13.6. The number of ketones is 2. The quantitative estimate of drug-likeness (QED) is 0.0989. The van der Waals surface area contributed by atoms with E-state index in [1.165, 1.54) is 46.9 Å². The third-order valence-electron chi connectivity index (χ3n) is 9.22. The lowest BCUT2D eigenvalue weighted by Gasteiger charge is -2.33. The standard InChI is InChI=1S/C23H28FN3O4S.C18H20FN3O2S/c1-23(2,3)31-22(30)27-9-5-6-14(13-27)10-18(28)20-17(26-21(25)29)12-19(32-20)15-7-4-8-16(24)11-15;19-13-5-1-4-12(8-13)16-9-14(22-18(20)24)17(25-16)15(23)7-11-3-2-6-21-10-11/h4,7-8,11-12,14H,5-6,9-10,13H2,1-3H3,(H3,25,26,29);1,4-5,8-9,11,21H,2-3,6-7,10H2,(H3,20,22,24)/t14-;11-/m11/s1. The number of carbonyl (C=O) groups is 5. The van der Waals surface area contributed by atoms with Crippen LogP contribution in [0.1, 0.15) is 78.6 Å². The van der Waals surface area contributed by atoms with Gasteiger partial charge in [-0.2, -0.15) is 0 Å². The van der Waals surface area contributed by atoms with Crippen molar-refractivity contribution in [2.75, 3.05) is 36.8 Å². The van der Waals surface area contributed by atoms with Crippen molar-refractivity contribution in [2.24, 2.45) is 23.3 Å². The van der Waals surface area contributed by atoms with Crippen molar-refractivity contribution in [1.82, 2.24) is 10.2 Å². The van der Waals surface area contributed by atoms with Crippen LogP contribution in [-0.4, -0.2) is 66.4 Å². The van der Waals surface area contributed by atoms with Gasteiger partial charge < -0.3 is 37.1 Å². The molecule has 0 aliphatic carbocycles. The highest BCUT2D eigenvalue weighted by molar-refractivity contribution is 7.18. The molecule has 0 saturated carbocycles. The minimum atomic E-state index is -0.781. The van der Waals surface area contributed by atoms with Gasteiger partial charge in [0, 0.05) is 35.7 Å². The summed E-state index contributed by atoms with van der Waals surface area (Å²) in [7, 11) is 0. The lowest BCUT2D eigenvalue weighted by Crippen LogP contribution is -2.43. The maximum Gasteiger partial charge on any atom is 0.410 e. The minimum Gasteiger partial charge on any atom is -0.444 e. The Bertz CT molecular complexity index is 2090. The number of hydrogen-bond acceptors (Lipinski definition) is 9. The lowest BCUT2D eigenvalue weighted by molar-refractivity contribution is 0.0160. The first-order valence-corrected chi connectivity index (χ1v) is 20.4. The summed E-state index contributed by atoms with van der Waals surface area (Å²) >= 11 is 2.44. The molecule has 0 spiro atoms. The Hall–Kier alpha value is -5.19. The van der Waals surface area contributed by atoms with E-state index in [0.29, 0.717) is 67.4 Å². The van der Waals surface area contributed by atoms with Crippen molar-refractivity contribution in [1.29, 1.82) is 0 Å². The van der Waals surface area contributed by atoms with Crippen LogP contribution in [-0.2, 0) is 4.74 Å². The van der Waals surface area contributed by atoms with E-state index >= 15 is 0 Å². The van der Waals surface area contributed by atoms with Gasteiger partial charge in [-0.3, -0.25) is 9.59 Å². The minimum absolute atomic E-state index is 0.0231. The normalized spacial score (nSPS) is 16.8. The van der Waals surface area contributed by atoms with Gasteiger partial charge >= 0.3 is 18.2 Å². The summed E-state index contributed by atoms with van der Waals surface area (Å²) in [6.07, 6.45) is 3.92. The van der Waals surface area contributed by atoms with E-state index in [1.54, 1.807) is 41.3 Å². The maximum absolute atomic E-state index is 13.6. The fourth-order valence-electron chi connectivity index (χ4n) is 6.75. The van der Waals surface area contributed by atoms with E-state index in [2.05, 4.69) is 16.0 Å². The summed E-state index contributed by atoms with van der Waals surface area (Å²) in [5.41, 5.74) is 11.9. The molecule has 57 heavy (non-hydrogen) atoms. The number of urea groups is 2. The number of piperidine rings is 2. The Morgan fingerprint density at radius 2 is 1.30 bits per heavy atom. The molecule has 2 aliphatic heterocycles. The molecule has 0 radical (unpaired) electrons. The largest absolute Gasteiger partial charge is 0.444 e. The third-order valence-corrected chi connectivity index (χ3v) is 11.7. The number of carbonyl (C=O) groups excluding carboxylic acids is 5. The molecule has 2 saturated heterocycles. The van der Waals surface area contributed by atoms with Crippen LogP contribution in [0.3, 0.4) is 0 Å². The molecule has 4 heterocycles. The van der Waals surface area contributed by atoms with Crippen molar-refractivity contribution in [2.45, 2.75) is 64.9 Å². The molecule has 2 aromatic heterocycles. The second kappa shape index (κ2) is 19.3. The molecule has 6 rings (SSSR count). The van der Waals surface area contributed by atoms with Crippen LogP contribution in [0.4, 0.5) is 34.5 Å². The zero-order valence-electron chi connectivity index (χ0n) is 32.1. The first kappa shape index (κ1) is 42.9. The van der Waals surface area contributed by atoms with Crippen LogP contribution in [0.25, 0.3) is 20.9 Å². The average molecular weight is 823 g/mol. The van der Waals surface area contributed by atoms with Crippen LogP contribution >= 0.6 is 22.7 Å². The number of anilines is 2. The number of thiophene rings is 2. The Balaban J connectivity index is 0.000000224. The molecule has 16 heteroatoms. The Kier molecular flexibility index (Phi) is 14.5. The SMILES string of the molecule is CC(C)(C)OC(=O)N1CCC[C@H](CC(=O)c2sc(-c3cccc(F)c3)cc2NC(N)=O)C1.NC(=O)Nc1cc(-c2cccc(F)c2)sc1C(=O)C[C@H]1CCCNC1. The molecular formula is C41H48F2N6O6S2. The molecule has 0 bridgehead atoms. The Morgan fingerprint density at radius 1 is 0.789 bits per heavy atom. The molecule has 7 N–H and O–H groups in total. The topological polar surface area (TPSA) is 186 Å². The summed E-state index contributed by atoms with van der Waals surface area (Å²) < 4.78 is 32.6. The van der Waals surface area contributed by atoms with Crippen LogP contribution in [0.5, 0.6) is 0 Å². The van der Waals surface area contributed by atoms with Gasteiger partial charge in [-0.15, -0.1) is 22.7 Å². The highest BCUT2D eigenvalue weighted by Gasteiger charge is 2.30. The summed E-state index contributed by atoms with van der Waals surface area (Å²) in [6, 6.07) is 14.0. The number of ether oxygens (including phenoxy) is 1. The van der Waals surface area contributed by atoms with Crippen molar-refractivity contribution in [3.05, 3.63) is 82.1 Å². The van der Waals surface area contributed by atoms with Crippen LogP contribution in [0.15, 0.2) is 60.7 Å². The summed E-state index contributed by atoms with van der Waals surface area (Å²) in [5, 5.41) is 8.31. The number of nitrogens with two attached hydrogens (primary N) is 2. The van der Waals surface area contributed by atoms with Crippen LogP contribution in [0, 0.1) is 23.5 Å². The van der Waals surface area contributed by atoms with Crippen molar-refractivity contribution < 1.29 is 37.5 Å². The summed E-state index contributed by atoms with van der Waals surface area (Å²) in [6.45, 7) is 8.29. The van der Waals surface area contributed by atoms with Gasteiger partial charge in [0.15, 0.2) is 11.6 Å². The Morgan fingerprint density at radius 3 is 1.75 bits per heavy atom. The summed E-state index contributed by atoms with van der Waals surface area (Å²) in [5.74, 6) is -0.649. The lowest BCUT2D eigenvalue weighted by atomic mass is 9.92. The average Bonchev–Trinajstić information content (AvgIpc) is 3.76. The fourth-order valence-corrected chi connectivity index (χ4v) is 8.86. The molecule has 5 amide bonds. The molecule has 4 aromatic rings. The number of primary amides is 2. The smallest absolute Gasteiger partial charge is 0.410 e. The molecular weight excluding hydrogens is 775 g/mol. The number of likely N-dealkylation sites (tertiary alicyclic amines) is 1. The predicted molar refractivity (Wildman–Crippen MR) is 220 cm³/mol. The highest BCUT2D eigenvalue weighted by Crippen LogP contribution is 2.38. The van der Waals surface area contributed by atoms with E-state index in [9.17, 15) is 32.8 Å². The zero-order valence-corrected chi connectivity index (χ0v) is 33.8. The van der Waals surface area contributed by atoms with E-state index in [1.807, 2.05) is 20.8 Å². The van der Waals surface area contributed by atoms with Crippen molar-refractivity contribution in [3.63, 3.8) is 0 Å². The van der Waals surface area contributed by atoms with Gasteiger partial charge in [-0.25, -0.2) is 23.2 Å². The van der Waals surface area contributed by atoms with Gasteiger partial charge in [0.05, 0.1) is 21.1 Å². The van der Waals surface area contributed by atoms with Crippen molar-refractivity contribution in [3.8, 4) is 20.9 Å². The number of benzene rings is 2. The van der Waals surface area contributed by atoms with E-state index in [0.717, 1.165) is 38.8 Å². The van der Waals surface area contributed by atoms with Gasteiger partial charge in [0.25, 0.3) is 0 Å². The first-order chi connectivity index (χ1) is 27.0. The van der Waals surface area contributed by atoms with Crippen LogP contribution < -0.4 is 27.4 Å². The third kappa shape index (κ3) is 12.7. The zero-order chi connectivity index (χ0) is 41.3. The number of nitrogens with zero attached hydrogens (tertiary/aromatic N) is 1. The first-order valence-electron chi connectivity index (χ1n) is 18.7. The summed E-state index contributed by atoms with van der Waals surface area (Å²) in [4.78, 5) is 64.8. The van der Waals surface area contributed by atoms with Crippen molar-refractivity contribution >= 4 is 63.8 Å². The van der Waals surface area contributed by atoms with Gasteiger partial charge in [0.2, 0.25) is 0 Å². The predicted octanol–water partition coefficient (Wildman–Crippen LogP) is 8.88. The monoisotopic (exact) mass is 822 g/mol. The fraction of sp³-hybridized carbons (Fsp3) is 0.390. The number of hydrogen-bond donors (Lipinski definition) is 5. The van der Waals surface area contributed by atoms with E-state index < -0.39 is 23.5 Å². The molecule has 12 nitrogen and oxygen atoms in total. The molecule has 2 aliphatic rings. The molecule has 2 aromatic carbocycles. The second-order valence-electron chi connectivity index (χ2n) is 15.1. The van der Waals surface area contributed by atoms with Gasteiger partial charge in [-0.1, -0.05) is 24.3 Å². The van der Waals surface area contributed by atoms with E-state index in [-0.39, 0.29) is 35.8 Å². The molecule has 0 unspecified atom stereocenters.